The molecule has 0 amide bonds. The Morgan fingerprint density at radius 2 is 1.42 bits per heavy atom. The van der Waals surface area contributed by atoms with Gasteiger partial charge in [-0.05, 0) is 65.7 Å². The van der Waals surface area contributed by atoms with Gasteiger partial charge in [-0.3, -0.25) is 0 Å². The van der Waals surface area contributed by atoms with Crippen LogP contribution in [0.15, 0.2) is 46.6 Å². The van der Waals surface area contributed by atoms with E-state index in [1.54, 1.807) is 0 Å². The highest BCUT2D eigenvalue weighted by molar-refractivity contribution is 5.23. The average molecular weight is 328 g/mol. The first-order valence-corrected chi connectivity index (χ1v) is 9.39. The minimum absolute atomic E-state index is 0.00387. The molecule has 0 saturated heterocycles. The summed E-state index contributed by atoms with van der Waals surface area (Å²) in [7, 11) is 0. The summed E-state index contributed by atoms with van der Waals surface area (Å²) >= 11 is 0. The molecule has 0 radical (unpaired) electrons. The molecule has 0 aromatic rings. The Hall–Kier alpha value is -1.55. The van der Waals surface area contributed by atoms with Crippen molar-refractivity contribution in [3.05, 3.63) is 46.6 Å². The van der Waals surface area contributed by atoms with E-state index in [0.717, 1.165) is 32.1 Å². The second-order valence-electron chi connectivity index (χ2n) is 7.22. The van der Waals surface area contributed by atoms with Crippen molar-refractivity contribution in [2.75, 3.05) is 0 Å². The second-order valence-corrected chi connectivity index (χ2v) is 7.22. The van der Waals surface area contributed by atoms with Crippen molar-refractivity contribution in [2.45, 2.75) is 80.6 Å². The summed E-state index contributed by atoms with van der Waals surface area (Å²) in [6.45, 7) is 15.1. The van der Waals surface area contributed by atoms with Crippen LogP contribution in [0.3, 0.4) is 0 Å². The lowest BCUT2D eigenvalue weighted by Gasteiger charge is -2.12. The number of allylic oxidation sites excluding steroid dienone is 8. The molecule has 1 heteroatoms. The van der Waals surface area contributed by atoms with Gasteiger partial charge in [0, 0.05) is 0 Å². The summed E-state index contributed by atoms with van der Waals surface area (Å²) in [6, 6.07) is 2.35. The molecule has 1 nitrogen and oxygen atoms in total. The first-order valence-electron chi connectivity index (χ1n) is 9.39. The van der Waals surface area contributed by atoms with Crippen molar-refractivity contribution in [2.24, 2.45) is 11.8 Å². The Morgan fingerprint density at radius 3 is 1.92 bits per heavy atom. The van der Waals surface area contributed by atoms with Crippen LogP contribution in [0.25, 0.3) is 0 Å². The minimum atomic E-state index is -0.00387. The van der Waals surface area contributed by atoms with Gasteiger partial charge in [0.05, 0.1) is 12.0 Å². The SMILES string of the molecule is CC/C(C)=C/CC/C(C)=C/CC/C(C)=C/C=C(/C(C)C)C(C)C#N. The third-order valence-corrected chi connectivity index (χ3v) is 4.54. The Bertz CT molecular complexity index is 521. The molecule has 0 aliphatic heterocycles. The number of nitriles is 1. The molecule has 0 bridgehead atoms. The van der Waals surface area contributed by atoms with Gasteiger partial charge in [-0.1, -0.05) is 67.4 Å². The monoisotopic (exact) mass is 327 g/mol. The van der Waals surface area contributed by atoms with Crippen LogP contribution in [-0.4, -0.2) is 0 Å². The quantitative estimate of drug-likeness (QED) is 0.300. The van der Waals surface area contributed by atoms with E-state index in [1.165, 1.54) is 22.3 Å². The molecule has 0 saturated carbocycles. The molecule has 1 unspecified atom stereocenters. The van der Waals surface area contributed by atoms with Gasteiger partial charge in [0.1, 0.15) is 0 Å². The molecule has 0 spiro atoms. The standard InChI is InChI=1S/C23H37N/c1-8-19(4)11-9-12-20(5)13-10-14-21(6)15-16-23(18(2)3)22(7)17-24/h11,13,15-16,18,22H,8-10,12,14H2,1-7H3/b19-11+,20-13+,21-15+,23-16-. The van der Waals surface area contributed by atoms with Gasteiger partial charge in [0.15, 0.2) is 0 Å². The smallest absolute Gasteiger partial charge is 0.0697 e. The van der Waals surface area contributed by atoms with Gasteiger partial charge < -0.3 is 0 Å². The predicted molar refractivity (Wildman–Crippen MR) is 108 cm³/mol. The van der Waals surface area contributed by atoms with Crippen molar-refractivity contribution < 1.29 is 0 Å². The molecule has 0 heterocycles. The van der Waals surface area contributed by atoms with Crippen LogP contribution in [-0.2, 0) is 0 Å². The van der Waals surface area contributed by atoms with Crippen molar-refractivity contribution in [1.82, 2.24) is 0 Å². The van der Waals surface area contributed by atoms with E-state index < -0.39 is 0 Å². The normalized spacial score (nSPS) is 15.6. The molecule has 1 atom stereocenters. The van der Waals surface area contributed by atoms with E-state index in [0.29, 0.717) is 5.92 Å². The summed E-state index contributed by atoms with van der Waals surface area (Å²) in [5.74, 6) is 0.418. The van der Waals surface area contributed by atoms with Crippen LogP contribution in [0.2, 0.25) is 0 Å². The fourth-order valence-electron chi connectivity index (χ4n) is 2.57. The molecule has 0 rings (SSSR count). The van der Waals surface area contributed by atoms with E-state index in [9.17, 15) is 0 Å². The number of hydrogen-bond acceptors (Lipinski definition) is 1. The zero-order valence-electron chi connectivity index (χ0n) is 16.9. The lowest BCUT2D eigenvalue weighted by atomic mass is 9.91. The highest BCUT2D eigenvalue weighted by Gasteiger charge is 2.10. The predicted octanol–water partition coefficient (Wildman–Crippen LogP) is 7.54. The minimum Gasteiger partial charge on any atom is -0.198 e. The molecule has 0 aliphatic carbocycles. The van der Waals surface area contributed by atoms with Gasteiger partial charge in [-0.2, -0.15) is 5.26 Å². The Kier molecular flexibility index (Phi) is 12.0. The molecule has 134 valence electrons. The third-order valence-electron chi connectivity index (χ3n) is 4.54. The summed E-state index contributed by atoms with van der Waals surface area (Å²) in [4.78, 5) is 0. The van der Waals surface area contributed by atoms with E-state index in [-0.39, 0.29) is 5.92 Å². The zero-order chi connectivity index (χ0) is 18.5. The second kappa shape index (κ2) is 12.8. The van der Waals surface area contributed by atoms with Crippen molar-refractivity contribution in [1.29, 1.82) is 5.26 Å². The van der Waals surface area contributed by atoms with E-state index >= 15 is 0 Å². The number of hydrogen-bond donors (Lipinski definition) is 0. The maximum atomic E-state index is 9.12. The van der Waals surface area contributed by atoms with E-state index in [4.69, 9.17) is 5.26 Å². The molecule has 0 aromatic carbocycles. The highest BCUT2D eigenvalue weighted by atomic mass is 14.3. The largest absolute Gasteiger partial charge is 0.198 e. The molecular formula is C23H37N. The van der Waals surface area contributed by atoms with Crippen LogP contribution in [0.4, 0.5) is 0 Å². The van der Waals surface area contributed by atoms with E-state index in [2.05, 4.69) is 71.9 Å². The highest BCUT2D eigenvalue weighted by Crippen LogP contribution is 2.20. The molecular weight excluding hydrogens is 290 g/mol. The van der Waals surface area contributed by atoms with Gasteiger partial charge in [-0.25, -0.2) is 0 Å². The first-order chi connectivity index (χ1) is 11.3. The van der Waals surface area contributed by atoms with Gasteiger partial charge in [0.2, 0.25) is 0 Å². The van der Waals surface area contributed by atoms with Crippen LogP contribution in [0.5, 0.6) is 0 Å². The van der Waals surface area contributed by atoms with Gasteiger partial charge in [-0.15, -0.1) is 0 Å². The van der Waals surface area contributed by atoms with Crippen molar-refractivity contribution in [3.8, 4) is 6.07 Å². The summed E-state index contributed by atoms with van der Waals surface area (Å²) in [5, 5.41) is 9.12. The van der Waals surface area contributed by atoms with Crippen LogP contribution in [0, 0.1) is 23.2 Å². The van der Waals surface area contributed by atoms with Crippen LogP contribution in [0.1, 0.15) is 80.6 Å². The lowest BCUT2D eigenvalue weighted by molar-refractivity contribution is 0.672. The number of nitrogens with zero attached hydrogens (tertiary/aromatic N) is 1. The number of rotatable bonds is 10. The third kappa shape index (κ3) is 10.3. The summed E-state index contributed by atoms with van der Waals surface area (Å²) in [5.41, 5.74) is 5.58. The Balaban J connectivity index is 4.49. The fraction of sp³-hybridized carbons (Fsp3) is 0.609. The topological polar surface area (TPSA) is 23.8 Å². The molecule has 0 aromatic heterocycles. The first kappa shape index (κ1) is 22.4. The summed E-state index contributed by atoms with van der Waals surface area (Å²) in [6.07, 6.45) is 14.7. The molecule has 0 aliphatic rings. The van der Waals surface area contributed by atoms with Crippen molar-refractivity contribution >= 4 is 0 Å². The van der Waals surface area contributed by atoms with Crippen LogP contribution >= 0.6 is 0 Å². The maximum Gasteiger partial charge on any atom is 0.0697 e. The van der Waals surface area contributed by atoms with Crippen LogP contribution < -0.4 is 0 Å². The van der Waals surface area contributed by atoms with E-state index in [1.807, 2.05) is 6.92 Å². The van der Waals surface area contributed by atoms with Crippen molar-refractivity contribution in [3.63, 3.8) is 0 Å². The Labute approximate surface area is 150 Å². The fourth-order valence-corrected chi connectivity index (χ4v) is 2.57. The summed E-state index contributed by atoms with van der Waals surface area (Å²) < 4.78 is 0. The van der Waals surface area contributed by atoms with Gasteiger partial charge >= 0.3 is 0 Å². The average Bonchev–Trinajstić information content (AvgIpc) is 2.54. The zero-order valence-corrected chi connectivity index (χ0v) is 16.9. The maximum absolute atomic E-state index is 9.12. The lowest BCUT2D eigenvalue weighted by Crippen LogP contribution is -2.03. The van der Waals surface area contributed by atoms with Gasteiger partial charge in [0.25, 0.3) is 0 Å². The molecule has 0 fully saturated rings. The molecule has 24 heavy (non-hydrogen) atoms. The molecule has 0 N–H and O–H groups in total. The Morgan fingerprint density at radius 1 is 0.875 bits per heavy atom.